The molecule has 0 aliphatic heterocycles. The first kappa shape index (κ1) is 22.5. The number of ether oxygens (including phenoxy) is 2. The SMILES string of the molecule is COc1ccc(C=C2CCc3c2nc2ccccc2c3C(=O)OCc2ccc(Cl)cc2Cl)cc1. The standard InChI is InChI=1S/C28H21Cl2NO3/c1-33-21-11-6-17(7-12-21)14-18-9-13-23-26(22-4-2-3-5-25(22)31-27(18)23)28(32)34-16-19-8-10-20(29)15-24(19)30/h2-8,10-12,14-15H,9,13,16H2,1H3. The molecule has 0 fully saturated rings. The number of rotatable bonds is 5. The maximum Gasteiger partial charge on any atom is 0.339 e. The number of hydrogen-bond donors (Lipinski definition) is 0. The van der Waals surface area contributed by atoms with E-state index in [0.717, 1.165) is 51.9 Å². The van der Waals surface area contributed by atoms with Crippen LogP contribution in [0.1, 0.15) is 39.2 Å². The van der Waals surface area contributed by atoms with E-state index < -0.39 is 0 Å². The lowest BCUT2D eigenvalue weighted by Gasteiger charge is -2.13. The van der Waals surface area contributed by atoms with Crippen LogP contribution in [-0.4, -0.2) is 18.1 Å². The van der Waals surface area contributed by atoms with Crippen LogP contribution in [0.25, 0.3) is 22.6 Å². The van der Waals surface area contributed by atoms with Crippen LogP contribution in [0.15, 0.2) is 66.7 Å². The number of aromatic nitrogens is 1. The van der Waals surface area contributed by atoms with Crippen molar-refractivity contribution in [1.82, 2.24) is 4.98 Å². The van der Waals surface area contributed by atoms with Crippen molar-refractivity contribution in [3.05, 3.63) is 105 Å². The summed E-state index contributed by atoms with van der Waals surface area (Å²) in [5.41, 5.74) is 5.97. The smallest absolute Gasteiger partial charge is 0.339 e. The van der Waals surface area contributed by atoms with E-state index in [0.29, 0.717) is 21.2 Å². The minimum absolute atomic E-state index is 0.0643. The molecule has 4 nitrogen and oxygen atoms in total. The number of esters is 1. The molecule has 0 spiro atoms. The summed E-state index contributed by atoms with van der Waals surface area (Å²) >= 11 is 12.2. The monoisotopic (exact) mass is 489 g/mol. The number of nitrogens with zero attached hydrogens (tertiary/aromatic N) is 1. The Hall–Kier alpha value is -3.34. The molecule has 0 bridgehead atoms. The summed E-state index contributed by atoms with van der Waals surface area (Å²) in [6, 6.07) is 20.7. The van der Waals surface area contributed by atoms with Crippen LogP contribution >= 0.6 is 23.2 Å². The van der Waals surface area contributed by atoms with Gasteiger partial charge in [0.25, 0.3) is 0 Å². The molecular formula is C28H21Cl2NO3. The first-order valence-corrected chi connectivity index (χ1v) is 11.7. The highest BCUT2D eigenvalue weighted by atomic mass is 35.5. The molecule has 1 heterocycles. The van der Waals surface area contributed by atoms with Gasteiger partial charge in [-0.05, 0) is 65.9 Å². The number of pyridine rings is 1. The molecule has 0 amide bonds. The van der Waals surface area contributed by atoms with Gasteiger partial charge in [-0.1, -0.05) is 59.6 Å². The van der Waals surface area contributed by atoms with E-state index in [-0.39, 0.29) is 12.6 Å². The molecular weight excluding hydrogens is 469 g/mol. The summed E-state index contributed by atoms with van der Waals surface area (Å²) in [7, 11) is 1.65. The van der Waals surface area contributed by atoms with Gasteiger partial charge >= 0.3 is 5.97 Å². The van der Waals surface area contributed by atoms with Crippen LogP contribution in [-0.2, 0) is 17.8 Å². The third-order valence-corrected chi connectivity index (χ3v) is 6.56. The minimum Gasteiger partial charge on any atom is -0.497 e. The van der Waals surface area contributed by atoms with Gasteiger partial charge in [0.2, 0.25) is 0 Å². The third-order valence-electron chi connectivity index (χ3n) is 5.98. The number of carbonyl (C=O) groups is 1. The Bertz CT molecular complexity index is 1430. The molecule has 0 saturated heterocycles. The number of methoxy groups -OCH3 is 1. The van der Waals surface area contributed by atoms with E-state index >= 15 is 0 Å². The first-order valence-electron chi connectivity index (χ1n) is 10.9. The largest absolute Gasteiger partial charge is 0.497 e. The van der Waals surface area contributed by atoms with Crippen LogP contribution < -0.4 is 4.74 Å². The van der Waals surface area contributed by atoms with Crippen molar-refractivity contribution in [1.29, 1.82) is 0 Å². The molecule has 0 atom stereocenters. The minimum atomic E-state index is -0.383. The average Bonchev–Trinajstić information content (AvgIpc) is 3.24. The molecule has 5 rings (SSSR count). The van der Waals surface area contributed by atoms with Gasteiger partial charge in [-0.15, -0.1) is 0 Å². The number of benzene rings is 3. The summed E-state index contributed by atoms with van der Waals surface area (Å²) in [5.74, 6) is 0.426. The highest BCUT2D eigenvalue weighted by Gasteiger charge is 2.27. The lowest BCUT2D eigenvalue weighted by atomic mass is 10.0. The summed E-state index contributed by atoms with van der Waals surface area (Å²) in [6.45, 7) is 0.0643. The Morgan fingerprint density at radius 2 is 1.82 bits per heavy atom. The van der Waals surface area contributed by atoms with Crippen molar-refractivity contribution in [2.45, 2.75) is 19.4 Å². The van der Waals surface area contributed by atoms with E-state index in [2.05, 4.69) is 6.08 Å². The molecule has 34 heavy (non-hydrogen) atoms. The predicted octanol–water partition coefficient (Wildman–Crippen LogP) is 7.39. The van der Waals surface area contributed by atoms with Crippen molar-refractivity contribution >= 4 is 51.7 Å². The second-order valence-electron chi connectivity index (χ2n) is 8.09. The zero-order chi connectivity index (χ0) is 23.7. The molecule has 0 unspecified atom stereocenters. The number of halogens is 2. The fourth-order valence-electron chi connectivity index (χ4n) is 4.27. The summed E-state index contributed by atoms with van der Waals surface area (Å²) in [5, 5.41) is 1.79. The van der Waals surface area contributed by atoms with Crippen molar-refractivity contribution < 1.29 is 14.3 Å². The number of para-hydroxylation sites is 1. The van der Waals surface area contributed by atoms with Gasteiger partial charge in [-0.2, -0.15) is 0 Å². The zero-order valence-electron chi connectivity index (χ0n) is 18.5. The van der Waals surface area contributed by atoms with Crippen molar-refractivity contribution in [3.63, 3.8) is 0 Å². The predicted molar refractivity (Wildman–Crippen MR) is 137 cm³/mol. The Balaban J connectivity index is 1.52. The second kappa shape index (κ2) is 9.49. The number of carbonyl (C=O) groups excluding carboxylic acids is 1. The molecule has 0 radical (unpaired) electrons. The van der Waals surface area contributed by atoms with Crippen LogP contribution in [0.2, 0.25) is 10.0 Å². The van der Waals surface area contributed by atoms with Gasteiger partial charge in [0.1, 0.15) is 12.4 Å². The molecule has 6 heteroatoms. The van der Waals surface area contributed by atoms with E-state index in [9.17, 15) is 4.79 Å². The Morgan fingerprint density at radius 1 is 1.03 bits per heavy atom. The van der Waals surface area contributed by atoms with E-state index in [4.69, 9.17) is 37.7 Å². The lowest BCUT2D eigenvalue weighted by Crippen LogP contribution is -2.10. The number of hydrogen-bond acceptors (Lipinski definition) is 4. The number of fused-ring (bicyclic) bond motifs is 2. The van der Waals surface area contributed by atoms with E-state index in [1.54, 1.807) is 25.3 Å². The quantitative estimate of drug-likeness (QED) is 0.274. The highest BCUT2D eigenvalue weighted by Crippen LogP contribution is 2.38. The van der Waals surface area contributed by atoms with E-state index in [1.807, 2.05) is 48.5 Å². The molecule has 0 N–H and O–H groups in total. The van der Waals surface area contributed by atoms with Crippen LogP contribution in [0.4, 0.5) is 0 Å². The maximum absolute atomic E-state index is 13.4. The third kappa shape index (κ3) is 4.39. The number of allylic oxidation sites excluding steroid dienone is 1. The normalized spacial score (nSPS) is 13.8. The van der Waals surface area contributed by atoms with Gasteiger partial charge in [-0.25, -0.2) is 9.78 Å². The Morgan fingerprint density at radius 3 is 2.59 bits per heavy atom. The second-order valence-corrected chi connectivity index (χ2v) is 8.93. The molecule has 3 aromatic carbocycles. The topological polar surface area (TPSA) is 48.4 Å². The fourth-order valence-corrected chi connectivity index (χ4v) is 4.73. The van der Waals surface area contributed by atoms with Crippen LogP contribution in [0.5, 0.6) is 5.75 Å². The summed E-state index contributed by atoms with van der Waals surface area (Å²) in [4.78, 5) is 18.3. The highest BCUT2D eigenvalue weighted by molar-refractivity contribution is 6.35. The zero-order valence-corrected chi connectivity index (χ0v) is 20.0. The average molecular weight is 490 g/mol. The van der Waals surface area contributed by atoms with Crippen LogP contribution in [0.3, 0.4) is 0 Å². The van der Waals surface area contributed by atoms with Crippen molar-refractivity contribution in [2.24, 2.45) is 0 Å². The lowest BCUT2D eigenvalue weighted by molar-refractivity contribution is 0.0474. The molecule has 1 aliphatic carbocycles. The first-order chi connectivity index (χ1) is 16.5. The molecule has 1 aromatic heterocycles. The summed E-state index contributed by atoms with van der Waals surface area (Å²) in [6.07, 6.45) is 3.64. The van der Waals surface area contributed by atoms with Gasteiger partial charge in [0.05, 0.1) is 23.9 Å². The van der Waals surface area contributed by atoms with Crippen LogP contribution in [0, 0.1) is 0 Å². The van der Waals surface area contributed by atoms with Gasteiger partial charge in [0.15, 0.2) is 0 Å². The van der Waals surface area contributed by atoms with Gasteiger partial charge in [-0.3, -0.25) is 0 Å². The fraction of sp³-hybridized carbons (Fsp3) is 0.143. The Labute approximate surface area is 207 Å². The molecule has 170 valence electrons. The Kier molecular flexibility index (Phi) is 6.27. The summed E-state index contributed by atoms with van der Waals surface area (Å²) < 4.78 is 11.0. The molecule has 1 aliphatic rings. The van der Waals surface area contributed by atoms with Crippen molar-refractivity contribution in [2.75, 3.05) is 7.11 Å². The molecule has 0 saturated carbocycles. The van der Waals surface area contributed by atoms with Crippen molar-refractivity contribution in [3.8, 4) is 5.75 Å². The molecule has 4 aromatic rings. The van der Waals surface area contributed by atoms with E-state index in [1.165, 1.54) is 0 Å². The maximum atomic E-state index is 13.4. The van der Waals surface area contributed by atoms with Gasteiger partial charge in [0, 0.05) is 21.0 Å². The van der Waals surface area contributed by atoms with Gasteiger partial charge < -0.3 is 9.47 Å².